The number of hydrogen-bond acceptors (Lipinski definition) is 7. The SMILES string of the molecule is CC(=O)NCCNc1nc(Nc2cccc(S(=O)(=O)N(C)C)c2)ncc1C(F)(F)F. The van der Waals surface area contributed by atoms with E-state index in [-0.39, 0.29) is 35.5 Å². The Morgan fingerprint density at radius 3 is 2.50 bits per heavy atom. The smallest absolute Gasteiger partial charge is 0.368 e. The number of nitrogens with one attached hydrogen (secondary N) is 3. The summed E-state index contributed by atoms with van der Waals surface area (Å²) in [5, 5.41) is 7.68. The quantitative estimate of drug-likeness (QED) is 0.532. The van der Waals surface area contributed by atoms with E-state index in [1.807, 2.05) is 0 Å². The van der Waals surface area contributed by atoms with Crippen LogP contribution in [0.5, 0.6) is 0 Å². The van der Waals surface area contributed by atoms with Crippen molar-refractivity contribution < 1.29 is 26.4 Å². The van der Waals surface area contributed by atoms with Gasteiger partial charge in [0.15, 0.2) is 0 Å². The van der Waals surface area contributed by atoms with Gasteiger partial charge < -0.3 is 16.0 Å². The highest BCUT2D eigenvalue weighted by Gasteiger charge is 2.35. The number of sulfonamides is 1. The highest BCUT2D eigenvalue weighted by Crippen LogP contribution is 2.34. The summed E-state index contributed by atoms with van der Waals surface area (Å²) in [6.07, 6.45) is -4.06. The molecule has 0 aliphatic heterocycles. The molecule has 0 aliphatic rings. The second-order valence-corrected chi connectivity index (χ2v) is 8.46. The molecule has 1 aromatic carbocycles. The highest BCUT2D eigenvalue weighted by atomic mass is 32.2. The predicted molar refractivity (Wildman–Crippen MR) is 105 cm³/mol. The van der Waals surface area contributed by atoms with Gasteiger partial charge in [0.1, 0.15) is 11.4 Å². The number of hydrogen-bond donors (Lipinski definition) is 3. The first-order chi connectivity index (χ1) is 13.9. The Bertz CT molecular complexity index is 1010. The van der Waals surface area contributed by atoms with Gasteiger partial charge in [0, 0.05) is 46.0 Å². The Kier molecular flexibility index (Phi) is 7.21. The standard InChI is InChI=1S/C17H21F3N6O3S/c1-11(27)21-7-8-22-15-14(17(18,19)20)10-23-16(25-15)24-12-5-4-6-13(9-12)30(28,29)26(2)3/h4-6,9-10H,7-8H2,1-3H3,(H,21,27)(H2,22,23,24,25). The number of carbonyl (C=O) groups excluding carboxylic acids is 1. The van der Waals surface area contributed by atoms with Crippen molar-refractivity contribution in [1.82, 2.24) is 19.6 Å². The summed E-state index contributed by atoms with van der Waals surface area (Å²) >= 11 is 0. The molecule has 0 bridgehead atoms. The number of halogens is 3. The van der Waals surface area contributed by atoms with E-state index in [1.54, 1.807) is 0 Å². The minimum absolute atomic E-state index is 0.00179. The van der Waals surface area contributed by atoms with Crippen molar-refractivity contribution in [1.29, 1.82) is 0 Å². The van der Waals surface area contributed by atoms with Crippen molar-refractivity contribution >= 4 is 33.4 Å². The lowest BCUT2D eigenvalue weighted by molar-refractivity contribution is -0.137. The fourth-order valence-corrected chi connectivity index (χ4v) is 3.23. The summed E-state index contributed by atoms with van der Waals surface area (Å²) in [5.41, 5.74) is -0.790. The van der Waals surface area contributed by atoms with Crippen molar-refractivity contribution in [3.63, 3.8) is 0 Å². The van der Waals surface area contributed by atoms with E-state index in [2.05, 4.69) is 25.9 Å². The van der Waals surface area contributed by atoms with Gasteiger partial charge in [-0.3, -0.25) is 4.79 Å². The molecule has 164 valence electrons. The van der Waals surface area contributed by atoms with Crippen LogP contribution < -0.4 is 16.0 Å². The molecule has 0 saturated heterocycles. The molecule has 2 aromatic rings. The first-order valence-electron chi connectivity index (χ1n) is 8.63. The maximum Gasteiger partial charge on any atom is 0.421 e. The molecule has 13 heteroatoms. The topological polar surface area (TPSA) is 116 Å². The first kappa shape index (κ1) is 23.3. The Balaban J connectivity index is 2.28. The fourth-order valence-electron chi connectivity index (χ4n) is 2.28. The maximum absolute atomic E-state index is 13.2. The van der Waals surface area contributed by atoms with Gasteiger partial charge in [-0.05, 0) is 18.2 Å². The molecule has 1 amide bonds. The molecule has 0 radical (unpaired) electrons. The summed E-state index contributed by atoms with van der Waals surface area (Å²) in [5.74, 6) is -0.947. The molecule has 0 atom stereocenters. The van der Waals surface area contributed by atoms with Gasteiger partial charge in [-0.25, -0.2) is 17.7 Å². The number of rotatable bonds is 8. The molecular formula is C17H21F3N6O3S. The van der Waals surface area contributed by atoms with Gasteiger partial charge in [-0.2, -0.15) is 18.2 Å². The fraction of sp³-hybridized carbons (Fsp3) is 0.353. The average Bonchev–Trinajstić information content (AvgIpc) is 2.64. The number of aromatic nitrogens is 2. The largest absolute Gasteiger partial charge is 0.421 e. The molecule has 0 aliphatic carbocycles. The zero-order valence-electron chi connectivity index (χ0n) is 16.4. The summed E-state index contributed by atoms with van der Waals surface area (Å²) in [4.78, 5) is 18.4. The lowest BCUT2D eigenvalue weighted by Crippen LogP contribution is -2.27. The molecule has 30 heavy (non-hydrogen) atoms. The third-order valence-electron chi connectivity index (χ3n) is 3.75. The summed E-state index contributed by atoms with van der Waals surface area (Å²) in [6, 6.07) is 5.72. The van der Waals surface area contributed by atoms with Crippen LogP contribution in [0.3, 0.4) is 0 Å². The van der Waals surface area contributed by atoms with Crippen LogP contribution in [-0.4, -0.2) is 55.8 Å². The predicted octanol–water partition coefficient (Wildman–Crippen LogP) is 2.04. The van der Waals surface area contributed by atoms with Gasteiger partial charge >= 0.3 is 6.18 Å². The highest BCUT2D eigenvalue weighted by molar-refractivity contribution is 7.89. The number of anilines is 3. The number of carbonyl (C=O) groups is 1. The second-order valence-electron chi connectivity index (χ2n) is 6.30. The van der Waals surface area contributed by atoms with Gasteiger partial charge in [-0.1, -0.05) is 6.07 Å². The molecule has 9 nitrogen and oxygen atoms in total. The van der Waals surface area contributed by atoms with Crippen LogP contribution in [-0.2, 0) is 21.0 Å². The monoisotopic (exact) mass is 446 g/mol. The van der Waals surface area contributed by atoms with Gasteiger partial charge in [0.2, 0.25) is 21.9 Å². The summed E-state index contributed by atoms with van der Waals surface area (Å²) < 4.78 is 65.2. The molecule has 0 saturated carbocycles. The van der Waals surface area contributed by atoms with E-state index < -0.39 is 27.6 Å². The maximum atomic E-state index is 13.2. The molecule has 0 spiro atoms. The molecule has 0 unspecified atom stereocenters. The number of nitrogens with zero attached hydrogens (tertiary/aromatic N) is 3. The van der Waals surface area contributed by atoms with Crippen LogP contribution >= 0.6 is 0 Å². The Hall–Kier alpha value is -2.93. The zero-order valence-corrected chi connectivity index (χ0v) is 17.2. The normalized spacial score (nSPS) is 12.0. The molecule has 1 aromatic heterocycles. The van der Waals surface area contributed by atoms with Crippen molar-refractivity contribution in [3.05, 3.63) is 36.0 Å². The zero-order chi connectivity index (χ0) is 22.5. The van der Waals surface area contributed by atoms with Gasteiger partial charge in [-0.15, -0.1) is 0 Å². The minimum atomic E-state index is -4.69. The lowest BCUT2D eigenvalue weighted by atomic mass is 10.3. The first-order valence-corrected chi connectivity index (χ1v) is 10.1. The van der Waals surface area contributed by atoms with Crippen molar-refractivity contribution in [3.8, 4) is 0 Å². The Morgan fingerprint density at radius 1 is 1.20 bits per heavy atom. The third kappa shape index (κ3) is 6.03. The van der Waals surface area contributed by atoms with Crippen LogP contribution in [0.1, 0.15) is 12.5 Å². The Labute approximate surface area is 171 Å². The van der Waals surface area contributed by atoms with E-state index in [9.17, 15) is 26.4 Å². The van der Waals surface area contributed by atoms with Crippen LogP contribution in [0, 0.1) is 0 Å². The Morgan fingerprint density at radius 2 is 1.90 bits per heavy atom. The van der Waals surface area contributed by atoms with Crippen LogP contribution in [0.4, 0.5) is 30.6 Å². The van der Waals surface area contributed by atoms with Gasteiger partial charge in [0.05, 0.1) is 4.90 Å². The van der Waals surface area contributed by atoms with Crippen molar-refractivity contribution in [2.45, 2.75) is 18.0 Å². The van der Waals surface area contributed by atoms with E-state index in [4.69, 9.17) is 0 Å². The lowest BCUT2D eigenvalue weighted by Gasteiger charge is -2.15. The van der Waals surface area contributed by atoms with Crippen molar-refractivity contribution in [2.75, 3.05) is 37.8 Å². The molecule has 2 rings (SSSR count). The summed E-state index contributed by atoms with van der Waals surface area (Å²) in [6.45, 7) is 1.40. The third-order valence-corrected chi connectivity index (χ3v) is 5.57. The van der Waals surface area contributed by atoms with Crippen LogP contribution in [0.2, 0.25) is 0 Å². The van der Waals surface area contributed by atoms with Crippen molar-refractivity contribution in [2.24, 2.45) is 0 Å². The number of alkyl halides is 3. The molecule has 0 fully saturated rings. The number of amides is 1. The van der Waals surface area contributed by atoms with E-state index in [0.29, 0.717) is 6.20 Å². The minimum Gasteiger partial charge on any atom is -0.368 e. The van der Waals surface area contributed by atoms with E-state index in [1.165, 1.54) is 45.3 Å². The number of benzene rings is 1. The van der Waals surface area contributed by atoms with Crippen LogP contribution in [0.25, 0.3) is 0 Å². The van der Waals surface area contributed by atoms with Gasteiger partial charge in [0.25, 0.3) is 0 Å². The molecular weight excluding hydrogens is 425 g/mol. The van der Waals surface area contributed by atoms with E-state index >= 15 is 0 Å². The average molecular weight is 446 g/mol. The second kappa shape index (κ2) is 9.26. The molecule has 1 heterocycles. The summed E-state index contributed by atoms with van der Waals surface area (Å²) in [7, 11) is -0.926. The van der Waals surface area contributed by atoms with E-state index in [0.717, 1.165) is 4.31 Å². The van der Waals surface area contributed by atoms with Crippen LogP contribution in [0.15, 0.2) is 35.4 Å². The molecule has 3 N–H and O–H groups in total.